The number of hydrogen-bond acceptors (Lipinski definition) is 6. The fourth-order valence-electron chi connectivity index (χ4n) is 2.69. The van der Waals surface area contributed by atoms with Crippen molar-refractivity contribution in [2.75, 3.05) is 22.1 Å². The number of phenolic OH excluding ortho intramolecular Hbond substituents is 2. The lowest BCUT2D eigenvalue weighted by molar-refractivity contribution is -0.683. The van der Waals surface area contributed by atoms with Gasteiger partial charge in [-0.3, -0.25) is 9.59 Å². The van der Waals surface area contributed by atoms with Crippen molar-refractivity contribution in [1.29, 1.82) is 0 Å². The number of imidazole rings is 1. The lowest BCUT2D eigenvalue weighted by atomic mass is 10.2. The van der Waals surface area contributed by atoms with Crippen LogP contribution in [-0.4, -0.2) is 26.6 Å². The number of amides is 2. The SMILES string of the molecule is Nc1cc(O)c(NC(=O)Cn2cc[n+](CC(=O)Nc3cc(Cl)c(N)cc3O)c2)cc1Cl.[Cl-]. The quantitative estimate of drug-likeness (QED) is 0.143. The van der Waals surface area contributed by atoms with Crippen LogP contribution in [0, 0.1) is 0 Å². The van der Waals surface area contributed by atoms with Crippen LogP contribution >= 0.6 is 23.2 Å². The highest BCUT2D eigenvalue weighted by molar-refractivity contribution is 6.34. The first kappa shape index (κ1) is 24.9. The van der Waals surface area contributed by atoms with Crippen LogP contribution in [0.5, 0.6) is 11.5 Å². The summed E-state index contributed by atoms with van der Waals surface area (Å²) in [4.78, 5) is 24.5. The maximum atomic E-state index is 12.2. The van der Waals surface area contributed by atoms with E-state index >= 15 is 0 Å². The van der Waals surface area contributed by atoms with Crippen LogP contribution in [0.1, 0.15) is 0 Å². The number of nitrogens with zero attached hydrogens (tertiary/aromatic N) is 2. The first-order valence-electron chi connectivity index (χ1n) is 8.83. The molecule has 3 aromatic rings. The normalized spacial score (nSPS) is 10.3. The molecule has 0 atom stereocenters. The molecular formula is C19H19Cl3N6O4. The van der Waals surface area contributed by atoms with E-state index < -0.39 is 11.8 Å². The number of anilines is 4. The summed E-state index contributed by atoms with van der Waals surface area (Å²) in [5, 5.41) is 25.2. The van der Waals surface area contributed by atoms with Gasteiger partial charge in [-0.05, 0) is 12.1 Å². The molecule has 0 saturated heterocycles. The number of nitrogens with two attached hydrogens (primary N) is 2. The second-order valence-corrected chi connectivity index (χ2v) is 7.45. The molecule has 0 aliphatic heterocycles. The predicted molar refractivity (Wildman–Crippen MR) is 117 cm³/mol. The van der Waals surface area contributed by atoms with E-state index in [0.29, 0.717) is 0 Å². The summed E-state index contributed by atoms with van der Waals surface area (Å²) < 4.78 is 3.08. The van der Waals surface area contributed by atoms with Gasteiger partial charge in [0.1, 0.15) is 23.9 Å². The molecule has 0 spiro atoms. The third-order valence-electron chi connectivity index (χ3n) is 4.18. The summed E-state index contributed by atoms with van der Waals surface area (Å²) in [7, 11) is 0. The Morgan fingerprint density at radius 2 is 1.44 bits per heavy atom. The fourth-order valence-corrected chi connectivity index (χ4v) is 3.02. The van der Waals surface area contributed by atoms with Gasteiger partial charge in [0.25, 0.3) is 11.8 Å². The average Bonchev–Trinajstić information content (AvgIpc) is 3.10. The number of benzene rings is 2. The second kappa shape index (κ2) is 10.3. The van der Waals surface area contributed by atoms with Gasteiger partial charge in [0, 0.05) is 12.1 Å². The molecule has 2 amide bonds. The number of nitrogens with one attached hydrogen (secondary N) is 2. The van der Waals surface area contributed by atoms with Crippen molar-refractivity contribution in [2.24, 2.45) is 0 Å². The fraction of sp³-hybridized carbons (Fsp3) is 0.105. The average molecular weight is 502 g/mol. The van der Waals surface area contributed by atoms with Crippen LogP contribution in [0.3, 0.4) is 0 Å². The van der Waals surface area contributed by atoms with Crippen LogP contribution in [0.2, 0.25) is 10.0 Å². The van der Waals surface area contributed by atoms with Crippen LogP contribution in [0.4, 0.5) is 22.7 Å². The van der Waals surface area contributed by atoms with Gasteiger partial charge in [-0.2, -0.15) is 0 Å². The Balaban J connectivity index is 0.00000363. The molecule has 170 valence electrons. The summed E-state index contributed by atoms with van der Waals surface area (Å²) in [6.07, 6.45) is 4.74. The van der Waals surface area contributed by atoms with Gasteiger partial charge in [0.15, 0.2) is 13.1 Å². The Hall–Kier alpha value is -3.34. The Morgan fingerprint density at radius 1 is 0.938 bits per heavy atom. The minimum Gasteiger partial charge on any atom is -1.00 e. The molecule has 0 bridgehead atoms. The van der Waals surface area contributed by atoms with E-state index in [1.807, 2.05) is 0 Å². The van der Waals surface area contributed by atoms with Crippen molar-refractivity contribution in [3.05, 3.63) is 53.0 Å². The minimum absolute atomic E-state index is 0. The molecule has 0 aliphatic carbocycles. The zero-order chi connectivity index (χ0) is 22.7. The molecule has 0 fully saturated rings. The third kappa shape index (κ3) is 6.10. The lowest BCUT2D eigenvalue weighted by Gasteiger charge is -2.08. The number of rotatable bonds is 6. The summed E-state index contributed by atoms with van der Waals surface area (Å²) in [5.41, 5.74) is 11.8. The molecule has 2 aromatic carbocycles. The smallest absolute Gasteiger partial charge is 0.266 e. The number of halogens is 3. The van der Waals surface area contributed by atoms with Crippen LogP contribution < -0.4 is 39.1 Å². The predicted octanol–water partition coefficient (Wildman–Crippen LogP) is -1.06. The minimum atomic E-state index is -0.426. The van der Waals surface area contributed by atoms with E-state index in [1.54, 1.807) is 18.7 Å². The number of hydrogen-bond donors (Lipinski definition) is 6. The van der Waals surface area contributed by atoms with Crippen LogP contribution in [0.15, 0.2) is 43.0 Å². The van der Waals surface area contributed by atoms with E-state index in [4.69, 9.17) is 34.7 Å². The molecule has 32 heavy (non-hydrogen) atoms. The van der Waals surface area contributed by atoms with E-state index in [2.05, 4.69) is 10.6 Å². The van der Waals surface area contributed by atoms with Gasteiger partial charge < -0.3 is 44.7 Å². The highest BCUT2D eigenvalue weighted by atomic mass is 35.5. The largest absolute Gasteiger partial charge is 1.00 e. The molecule has 8 N–H and O–H groups in total. The van der Waals surface area contributed by atoms with Crippen molar-refractivity contribution >= 4 is 57.8 Å². The number of aromatic nitrogens is 2. The summed E-state index contributed by atoms with van der Waals surface area (Å²) in [6, 6.07) is 5.19. The molecule has 1 aromatic heterocycles. The number of aromatic hydroxyl groups is 2. The third-order valence-corrected chi connectivity index (χ3v) is 4.83. The van der Waals surface area contributed by atoms with Gasteiger partial charge in [-0.15, -0.1) is 0 Å². The van der Waals surface area contributed by atoms with Crippen molar-refractivity contribution in [3.63, 3.8) is 0 Å². The van der Waals surface area contributed by atoms with Crippen LogP contribution in [-0.2, 0) is 22.7 Å². The number of carbonyl (C=O) groups excluding carboxylic acids is 2. The Bertz CT molecular complexity index is 1080. The molecule has 3 rings (SSSR count). The van der Waals surface area contributed by atoms with Gasteiger partial charge in [-0.25, -0.2) is 9.13 Å². The van der Waals surface area contributed by atoms with Crippen molar-refractivity contribution < 1.29 is 36.8 Å². The summed E-state index contributed by atoms with van der Waals surface area (Å²) >= 11 is 11.8. The van der Waals surface area contributed by atoms with Crippen molar-refractivity contribution in [3.8, 4) is 11.5 Å². The Morgan fingerprint density at radius 3 is 1.97 bits per heavy atom. The lowest BCUT2D eigenvalue weighted by Crippen LogP contribution is -3.00. The maximum Gasteiger partial charge on any atom is 0.266 e. The van der Waals surface area contributed by atoms with E-state index in [-0.39, 0.29) is 69.8 Å². The zero-order valence-corrected chi connectivity index (χ0v) is 18.6. The van der Waals surface area contributed by atoms with Crippen LogP contribution in [0.25, 0.3) is 0 Å². The van der Waals surface area contributed by atoms with Gasteiger partial charge in [0.2, 0.25) is 6.33 Å². The van der Waals surface area contributed by atoms with Gasteiger partial charge >= 0.3 is 0 Å². The maximum absolute atomic E-state index is 12.2. The molecule has 10 nitrogen and oxygen atoms in total. The molecule has 0 aliphatic rings. The molecule has 13 heteroatoms. The van der Waals surface area contributed by atoms with E-state index in [9.17, 15) is 19.8 Å². The standard InChI is InChI=1S/C19H18Cl2N6O4.ClH/c20-10-3-14(16(28)5-12(10)22)24-18(30)7-26-1-2-27(9-26)8-19(31)25-15-4-11(21)13(23)6-17(15)29;/h1-6,9H,7-8,22-23H2,(H3-,24,25,28,29,30,31);1H. The molecule has 0 unspecified atom stereocenters. The van der Waals surface area contributed by atoms with Gasteiger partial charge in [0.05, 0.1) is 32.8 Å². The molecular weight excluding hydrogens is 483 g/mol. The molecule has 1 heterocycles. The molecule has 0 radical (unpaired) electrons. The summed E-state index contributed by atoms with van der Waals surface area (Å²) in [6.45, 7) is -0.158. The van der Waals surface area contributed by atoms with Crippen molar-refractivity contribution in [1.82, 2.24) is 4.57 Å². The Kier molecular flexibility index (Phi) is 8.03. The molecule has 0 saturated carbocycles. The number of carbonyl (C=O) groups is 2. The van der Waals surface area contributed by atoms with Gasteiger partial charge in [-0.1, -0.05) is 23.2 Å². The monoisotopic (exact) mass is 500 g/mol. The second-order valence-electron chi connectivity index (χ2n) is 6.64. The van der Waals surface area contributed by atoms with E-state index in [1.165, 1.54) is 33.4 Å². The topological polar surface area (TPSA) is 160 Å². The first-order valence-corrected chi connectivity index (χ1v) is 9.58. The number of phenols is 2. The first-order chi connectivity index (χ1) is 14.6. The highest BCUT2D eigenvalue weighted by Crippen LogP contribution is 2.32. The number of nitrogen functional groups attached to an aromatic ring is 2. The highest BCUT2D eigenvalue weighted by Gasteiger charge is 2.16. The zero-order valence-electron chi connectivity index (χ0n) is 16.3. The summed E-state index contributed by atoms with van der Waals surface area (Å²) in [5.74, 6) is -1.27. The van der Waals surface area contributed by atoms with Crippen molar-refractivity contribution in [2.45, 2.75) is 13.1 Å². The van der Waals surface area contributed by atoms with E-state index in [0.717, 1.165) is 0 Å². The Labute approximate surface area is 198 Å².